The molecule has 0 radical (unpaired) electrons. The van der Waals surface area contributed by atoms with Crippen molar-refractivity contribution in [2.45, 2.75) is 70.2 Å². The number of ketones is 1. The van der Waals surface area contributed by atoms with Crippen molar-refractivity contribution in [3.8, 4) is 0 Å². The molecule has 2 saturated heterocycles. The number of allylic oxidation sites excluding steroid dienone is 3. The summed E-state index contributed by atoms with van der Waals surface area (Å²) in [4.78, 5) is 12.0. The molecule has 1 spiro atoms. The molecule has 4 aliphatic carbocycles. The van der Waals surface area contributed by atoms with Gasteiger partial charge in [-0.05, 0) is 79.4 Å². The van der Waals surface area contributed by atoms with E-state index in [2.05, 4.69) is 19.9 Å². The van der Waals surface area contributed by atoms with Crippen LogP contribution in [0.3, 0.4) is 0 Å². The molecule has 0 unspecified atom stereocenters. The summed E-state index contributed by atoms with van der Waals surface area (Å²) < 4.78 is 12.7. The molecule has 2 aliphatic heterocycles. The highest BCUT2D eigenvalue weighted by Crippen LogP contribution is 2.71. The van der Waals surface area contributed by atoms with E-state index in [-0.39, 0.29) is 22.9 Å². The van der Waals surface area contributed by atoms with Gasteiger partial charge in [0.25, 0.3) is 0 Å². The summed E-state index contributed by atoms with van der Waals surface area (Å²) in [5.74, 6) is 2.09. The van der Waals surface area contributed by atoms with Gasteiger partial charge in [-0.15, -0.1) is 0 Å². The Kier molecular flexibility index (Phi) is 2.72. The minimum atomic E-state index is 0.0177. The Morgan fingerprint density at radius 2 is 1.96 bits per heavy atom. The van der Waals surface area contributed by atoms with Crippen LogP contribution in [0, 0.1) is 28.6 Å². The van der Waals surface area contributed by atoms with Crippen LogP contribution >= 0.6 is 0 Å². The molecule has 5 fully saturated rings. The van der Waals surface area contributed by atoms with E-state index in [0.717, 1.165) is 6.61 Å². The van der Waals surface area contributed by atoms with E-state index in [0.29, 0.717) is 29.3 Å². The second-order valence-electron chi connectivity index (χ2n) is 9.87. The monoisotopic (exact) mass is 340 g/mol. The molecule has 3 heteroatoms. The van der Waals surface area contributed by atoms with Crippen LogP contribution in [0.2, 0.25) is 0 Å². The zero-order chi connectivity index (χ0) is 17.0. The predicted octanol–water partition coefficient (Wildman–Crippen LogP) is 3.83. The van der Waals surface area contributed by atoms with Gasteiger partial charge in [-0.25, -0.2) is 0 Å². The van der Waals surface area contributed by atoms with Crippen LogP contribution < -0.4 is 0 Å². The summed E-state index contributed by atoms with van der Waals surface area (Å²) in [6, 6.07) is 0. The van der Waals surface area contributed by atoms with E-state index in [1.807, 2.05) is 6.08 Å². The average Bonchev–Trinajstić information content (AvgIpc) is 3.13. The van der Waals surface area contributed by atoms with Crippen molar-refractivity contribution in [3.05, 3.63) is 23.8 Å². The van der Waals surface area contributed by atoms with Crippen molar-refractivity contribution in [2.24, 2.45) is 28.6 Å². The molecule has 0 aromatic heterocycles. The SMILES string of the molecule is C[C@]12C=CC(=O)C=C1[C@H]1O[C@H]1[C@@H]1[C@@H]2CC[C@@]2(C)[C@H]1CC[C@@]21CCCO1. The molecule has 6 rings (SSSR count). The third-order valence-electron chi connectivity index (χ3n) is 9.22. The van der Waals surface area contributed by atoms with Crippen molar-refractivity contribution in [1.82, 2.24) is 0 Å². The molecule has 0 N–H and O–H groups in total. The van der Waals surface area contributed by atoms with E-state index < -0.39 is 0 Å². The van der Waals surface area contributed by atoms with Crippen LogP contribution in [0.15, 0.2) is 23.8 Å². The Bertz CT molecular complexity index is 715. The zero-order valence-corrected chi connectivity index (χ0v) is 15.3. The van der Waals surface area contributed by atoms with Crippen molar-refractivity contribution < 1.29 is 14.3 Å². The van der Waals surface area contributed by atoms with E-state index in [9.17, 15) is 4.79 Å². The maximum atomic E-state index is 12.0. The molecule has 3 nitrogen and oxygen atoms in total. The topological polar surface area (TPSA) is 38.8 Å². The normalized spacial score (nSPS) is 58.4. The van der Waals surface area contributed by atoms with Gasteiger partial charge in [-0.2, -0.15) is 0 Å². The quantitative estimate of drug-likeness (QED) is 0.629. The van der Waals surface area contributed by atoms with E-state index >= 15 is 0 Å². The fourth-order valence-corrected chi connectivity index (χ4v) is 7.89. The van der Waals surface area contributed by atoms with E-state index in [1.165, 1.54) is 44.1 Å². The number of ether oxygens (including phenoxy) is 2. The number of epoxide rings is 1. The molecule has 25 heavy (non-hydrogen) atoms. The van der Waals surface area contributed by atoms with Crippen molar-refractivity contribution in [3.63, 3.8) is 0 Å². The van der Waals surface area contributed by atoms with Crippen LogP contribution in [0.4, 0.5) is 0 Å². The van der Waals surface area contributed by atoms with Crippen LogP contribution in [0.5, 0.6) is 0 Å². The Morgan fingerprint density at radius 1 is 1.12 bits per heavy atom. The Labute approximate surface area is 149 Å². The summed E-state index contributed by atoms with van der Waals surface area (Å²) >= 11 is 0. The Balaban J connectivity index is 1.42. The highest BCUT2D eigenvalue weighted by atomic mass is 16.6. The summed E-state index contributed by atoms with van der Waals surface area (Å²) in [7, 11) is 0. The highest BCUT2D eigenvalue weighted by molar-refractivity contribution is 6.01. The number of rotatable bonds is 0. The smallest absolute Gasteiger partial charge is 0.178 e. The second kappa shape index (κ2) is 4.48. The summed E-state index contributed by atoms with van der Waals surface area (Å²) in [6.07, 6.45) is 14.0. The van der Waals surface area contributed by atoms with Gasteiger partial charge >= 0.3 is 0 Å². The van der Waals surface area contributed by atoms with Crippen LogP contribution in [0.1, 0.15) is 52.4 Å². The number of carbonyl (C=O) groups excluding carboxylic acids is 1. The first-order valence-electron chi connectivity index (χ1n) is 10.2. The number of carbonyl (C=O) groups is 1. The van der Waals surface area contributed by atoms with Gasteiger partial charge in [0, 0.05) is 12.0 Å². The standard InChI is InChI=1S/C22H28O3/c1-20-8-4-13(23)12-16(20)18-19(25-18)17-14(20)5-9-21(2)15(17)6-10-22(21)7-3-11-24-22/h4,8,12,14-15,17-19H,3,5-7,9-11H2,1-2H3/t14-,15-,17+,18+,19-,20+,21-,22-/m0/s1. The van der Waals surface area contributed by atoms with E-state index in [4.69, 9.17) is 9.47 Å². The minimum absolute atomic E-state index is 0.0177. The van der Waals surface area contributed by atoms with Crippen LogP contribution in [0.25, 0.3) is 0 Å². The highest BCUT2D eigenvalue weighted by Gasteiger charge is 2.71. The fraction of sp³-hybridized carbons (Fsp3) is 0.773. The second-order valence-corrected chi connectivity index (χ2v) is 9.87. The first kappa shape index (κ1) is 15.2. The van der Waals surface area contributed by atoms with Crippen LogP contribution in [-0.4, -0.2) is 30.2 Å². The van der Waals surface area contributed by atoms with Crippen molar-refractivity contribution in [2.75, 3.05) is 6.61 Å². The Hall–Kier alpha value is -0.930. The fourth-order valence-electron chi connectivity index (χ4n) is 7.89. The molecule has 2 heterocycles. The summed E-state index contributed by atoms with van der Waals surface area (Å²) in [5.41, 5.74) is 1.74. The lowest BCUT2D eigenvalue weighted by molar-refractivity contribution is -0.130. The van der Waals surface area contributed by atoms with Gasteiger partial charge in [0.1, 0.15) is 6.10 Å². The molecule has 0 aromatic rings. The predicted molar refractivity (Wildman–Crippen MR) is 94.0 cm³/mol. The van der Waals surface area contributed by atoms with E-state index in [1.54, 1.807) is 6.08 Å². The minimum Gasteiger partial charge on any atom is -0.374 e. The van der Waals surface area contributed by atoms with Gasteiger partial charge in [-0.3, -0.25) is 4.79 Å². The van der Waals surface area contributed by atoms with Gasteiger partial charge in [-0.1, -0.05) is 19.9 Å². The molecule has 3 saturated carbocycles. The molecule has 0 aromatic carbocycles. The molecule has 0 bridgehead atoms. The average molecular weight is 340 g/mol. The summed E-state index contributed by atoms with van der Waals surface area (Å²) in [5, 5.41) is 0. The third kappa shape index (κ3) is 1.64. The van der Waals surface area contributed by atoms with Crippen molar-refractivity contribution >= 4 is 5.78 Å². The first-order valence-corrected chi connectivity index (χ1v) is 10.2. The molecule has 8 atom stereocenters. The number of hydrogen-bond donors (Lipinski definition) is 0. The lowest BCUT2D eigenvalue weighted by atomic mass is 9.47. The van der Waals surface area contributed by atoms with Gasteiger partial charge < -0.3 is 9.47 Å². The first-order chi connectivity index (χ1) is 12.0. The maximum absolute atomic E-state index is 12.0. The van der Waals surface area contributed by atoms with Crippen LogP contribution in [-0.2, 0) is 14.3 Å². The number of hydrogen-bond acceptors (Lipinski definition) is 3. The molecule has 0 amide bonds. The molecule has 6 aliphatic rings. The molecular weight excluding hydrogens is 312 g/mol. The maximum Gasteiger partial charge on any atom is 0.178 e. The summed E-state index contributed by atoms with van der Waals surface area (Å²) in [6.45, 7) is 5.84. The van der Waals surface area contributed by atoms with Gasteiger partial charge in [0.15, 0.2) is 5.78 Å². The number of fused-ring (bicyclic) bond motifs is 9. The third-order valence-corrected chi connectivity index (χ3v) is 9.22. The Morgan fingerprint density at radius 3 is 2.76 bits per heavy atom. The molecule has 134 valence electrons. The van der Waals surface area contributed by atoms with Crippen molar-refractivity contribution in [1.29, 1.82) is 0 Å². The van der Waals surface area contributed by atoms with Gasteiger partial charge in [0.05, 0.1) is 11.7 Å². The lowest BCUT2D eigenvalue weighted by Gasteiger charge is -2.57. The van der Waals surface area contributed by atoms with Gasteiger partial charge in [0.2, 0.25) is 0 Å². The largest absolute Gasteiger partial charge is 0.374 e. The zero-order valence-electron chi connectivity index (χ0n) is 15.3. The molecular formula is C22H28O3. The lowest BCUT2D eigenvalue weighted by Crippen LogP contribution is -2.56.